The fourth-order valence-electron chi connectivity index (χ4n) is 3.45. The fourth-order valence-corrected chi connectivity index (χ4v) is 3.45. The minimum atomic E-state index is -0.583. The van der Waals surface area contributed by atoms with E-state index in [1.807, 2.05) is 0 Å². The second-order valence-electron chi connectivity index (χ2n) is 6.48. The van der Waals surface area contributed by atoms with Crippen LogP contribution in [0.2, 0.25) is 0 Å². The molecule has 2 fully saturated rings. The predicted octanol–water partition coefficient (Wildman–Crippen LogP) is 1.26. The van der Waals surface area contributed by atoms with Gasteiger partial charge in [-0.05, 0) is 70.6 Å². The predicted molar refractivity (Wildman–Crippen MR) is 82.7 cm³/mol. The van der Waals surface area contributed by atoms with Gasteiger partial charge in [0.05, 0.1) is 12.6 Å². The molecule has 5 nitrogen and oxygen atoms in total. The Bertz CT molecular complexity index is 376. The van der Waals surface area contributed by atoms with Crippen molar-refractivity contribution < 1.29 is 4.79 Å². The van der Waals surface area contributed by atoms with Crippen LogP contribution >= 0.6 is 0 Å². The average molecular weight is 292 g/mol. The molecule has 0 aromatic carbocycles. The number of nitriles is 1. The Labute approximate surface area is 128 Å². The molecule has 2 aliphatic rings. The number of carbonyl (C=O) groups excluding carboxylic acids is 1. The summed E-state index contributed by atoms with van der Waals surface area (Å²) in [7, 11) is 0. The molecule has 0 spiro atoms. The van der Waals surface area contributed by atoms with Gasteiger partial charge in [-0.1, -0.05) is 6.92 Å². The molecule has 0 unspecified atom stereocenters. The second-order valence-corrected chi connectivity index (χ2v) is 6.48. The van der Waals surface area contributed by atoms with Crippen molar-refractivity contribution in [1.82, 2.24) is 15.5 Å². The number of likely N-dealkylation sites (tertiary alicyclic amines) is 1. The fraction of sp³-hybridized carbons (Fsp3) is 0.875. The van der Waals surface area contributed by atoms with E-state index >= 15 is 0 Å². The number of piperidine rings is 1. The highest BCUT2D eigenvalue weighted by atomic mass is 16.2. The molecule has 0 aromatic heterocycles. The minimum Gasteiger partial charge on any atom is -0.337 e. The standard InChI is InChI=1S/C16H28N4O/c1-2-18-11-14-5-9-20(10-6-14)12-15(21)19-16(13-17)7-3-4-8-16/h14,18H,2-12H2,1H3,(H,19,21). The molecule has 1 saturated carbocycles. The van der Waals surface area contributed by atoms with Crippen molar-refractivity contribution in [2.75, 3.05) is 32.7 Å². The Morgan fingerprint density at radius 2 is 2.00 bits per heavy atom. The lowest BCUT2D eigenvalue weighted by molar-refractivity contribution is -0.123. The van der Waals surface area contributed by atoms with Crippen LogP contribution in [0.1, 0.15) is 45.4 Å². The van der Waals surface area contributed by atoms with Crippen LogP contribution in [-0.2, 0) is 4.79 Å². The van der Waals surface area contributed by atoms with Crippen molar-refractivity contribution in [3.8, 4) is 6.07 Å². The van der Waals surface area contributed by atoms with Gasteiger partial charge in [-0.15, -0.1) is 0 Å². The zero-order valence-corrected chi connectivity index (χ0v) is 13.2. The van der Waals surface area contributed by atoms with Crippen molar-refractivity contribution in [1.29, 1.82) is 5.26 Å². The average Bonchev–Trinajstić information content (AvgIpc) is 2.95. The summed E-state index contributed by atoms with van der Waals surface area (Å²) in [6, 6.07) is 2.32. The normalized spacial score (nSPS) is 22.9. The quantitative estimate of drug-likeness (QED) is 0.773. The molecule has 0 aromatic rings. The molecule has 0 bridgehead atoms. The highest BCUT2D eigenvalue weighted by molar-refractivity contribution is 5.79. The maximum absolute atomic E-state index is 12.2. The van der Waals surface area contributed by atoms with Gasteiger partial charge < -0.3 is 10.6 Å². The summed E-state index contributed by atoms with van der Waals surface area (Å²) in [6.07, 6.45) is 6.01. The lowest BCUT2D eigenvalue weighted by Crippen LogP contribution is -2.50. The zero-order valence-electron chi connectivity index (χ0n) is 13.2. The van der Waals surface area contributed by atoms with Crippen LogP contribution in [0.4, 0.5) is 0 Å². The summed E-state index contributed by atoms with van der Waals surface area (Å²) in [5.74, 6) is 0.758. The maximum Gasteiger partial charge on any atom is 0.235 e. The molecule has 5 heteroatoms. The molecular weight excluding hydrogens is 264 g/mol. The van der Waals surface area contributed by atoms with E-state index in [1.54, 1.807) is 0 Å². The van der Waals surface area contributed by atoms with Crippen LogP contribution in [-0.4, -0.2) is 49.1 Å². The summed E-state index contributed by atoms with van der Waals surface area (Å²) in [5, 5.41) is 15.7. The van der Waals surface area contributed by atoms with Crippen molar-refractivity contribution in [2.45, 2.75) is 51.0 Å². The molecular formula is C16H28N4O. The molecule has 1 aliphatic heterocycles. The third-order valence-electron chi connectivity index (χ3n) is 4.81. The molecule has 1 amide bonds. The molecule has 1 saturated heterocycles. The third-order valence-corrected chi connectivity index (χ3v) is 4.81. The first-order valence-electron chi connectivity index (χ1n) is 8.33. The Kier molecular flexibility index (Phi) is 6.01. The molecule has 2 N–H and O–H groups in total. The third kappa shape index (κ3) is 4.69. The number of nitrogens with zero attached hydrogens (tertiary/aromatic N) is 2. The largest absolute Gasteiger partial charge is 0.337 e. The molecule has 21 heavy (non-hydrogen) atoms. The van der Waals surface area contributed by atoms with Crippen LogP contribution in [0.15, 0.2) is 0 Å². The topological polar surface area (TPSA) is 68.2 Å². The van der Waals surface area contributed by atoms with Crippen molar-refractivity contribution in [3.63, 3.8) is 0 Å². The van der Waals surface area contributed by atoms with E-state index in [9.17, 15) is 10.1 Å². The van der Waals surface area contributed by atoms with Gasteiger partial charge in [0.25, 0.3) is 0 Å². The van der Waals surface area contributed by atoms with E-state index in [0.717, 1.165) is 70.6 Å². The number of nitrogens with one attached hydrogen (secondary N) is 2. The van der Waals surface area contributed by atoms with E-state index in [2.05, 4.69) is 28.5 Å². The molecule has 0 radical (unpaired) electrons. The minimum absolute atomic E-state index is 0.0172. The summed E-state index contributed by atoms with van der Waals surface area (Å²) in [4.78, 5) is 14.4. The highest BCUT2D eigenvalue weighted by Gasteiger charge is 2.35. The number of carbonyl (C=O) groups is 1. The molecule has 0 atom stereocenters. The van der Waals surface area contributed by atoms with Gasteiger partial charge in [-0.2, -0.15) is 5.26 Å². The van der Waals surface area contributed by atoms with Gasteiger partial charge in [-0.3, -0.25) is 9.69 Å². The lowest BCUT2D eigenvalue weighted by Gasteiger charge is -2.32. The Morgan fingerprint density at radius 3 is 2.57 bits per heavy atom. The first-order chi connectivity index (χ1) is 10.2. The molecule has 118 valence electrons. The van der Waals surface area contributed by atoms with Crippen LogP contribution in [0.5, 0.6) is 0 Å². The van der Waals surface area contributed by atoms with Crippen molar-refractivity contribution in [2.24, 2.45) is 5.92 Å². The van der Waals surface area contributed by atoms with Gasteiger partial charge in [-0.25, -0.2) is 0 Å². The van der Waals surface area contributed by atoms with Gasteiger partial charge in [0.2, 0.25) is 5.91 Å². The van der Waals surface area contributed by atoms with E-state index in [4.69, 9.17) is 0 Å². The summed E-state index contributed by atoms with van der Waals surface area (Å²) < 4.78 is 0. The van der Waals surface area contributed by atoms with Crippen molar-refractivity contribution in [3.05, 3.63) is 0 Å². The van der Waals surface area contributed by atoms with E-state index in [-0.39, 0.29) is 5.91 Å². The second kappa shape index (κ2) is 7.77. The van der Waals surface area contributed by atoms with Gasteiger partial charge in [0.15, 0.2) is 0 Å². The van der Waals surface area contributed by atoms with E-state index in [0.29, 0.717) is 6.54 Å². The Morgan fingerprint density at radius 1 is 1.33 bits per heavy atom. The Hall–Kier alpha value is -1.12. The summed E-state index contributed by atoms with van der Waals surface area (Å²) in [6.45, 7) is 6.67. The summed E-state index contributed by atoms with van der Waals surface area (Å²) >= 11 is 0. The number of hydrogen-bond acceptors (Lipinski definition) is 4. The first-order valence-corrected chi connectivity index (χ1v) is 8.33. The van der Waals surface area contributed by atoms with Gasteiger partial charge in [0.1, 0.15) is 5.54 Å². The Balaban J connectivity index is 1.71. The molecule has 1 aliphatic carbocycles. The molecule has 1 heterocycles. The van der Waals surface area contributed by atoms with E-state index < -0.39 is 5.54 Å². The zero-order chi connectivity index (χ0) is 15.1. The lowest BCUT2D eigenvalue weighted by atomic mass is 9.96. The van der Waals surface area contributed by atoms with Gasteiger partial charge in [0, 0.05) is 0 Å². The molecule has 2 rings (SSSR count). The number of amides is 1. The van der Waals surface area contributed by atoms with Gasteiger partial charge >= 0.3 is 0 Å². The first kappa shape index (κ1) is 16.3. The smallest absolute Gasteiger partial charge is 0.235 e. The monoisotopic (exact) mass is 292 g/mol. The van der Waals surface area contributed by atoms with E-state index in [1.165, 1.54) is 0 Å². The van der Waals surface area contributed by atoms with Crippen LogP contribution < -0.4 is 10.6 Å². The number of rotatable bonds is 6. The van der Waals surface area contributed by atoms with Crippen LogP contribution in [0.25, 0.3) is 0 Å². The van der Waals surface area contributed by atoms with Crippen LogP contribution in [0, 0.1) is 17.2 Å². The maximum atomic E-state index is 12.2. The highest BCUT2D eigenvalue weighted by Crippen LogP contribution is 2.28. The van der Waals surface area contributed by atoms with Crippen LogP contribution in [0.3, 0.4) is 0 Å². The van der Waals surface area contributed by atoms with Crippen molar-refractivity contribution >= 4 is 5.91 Å². The summed E-state index contributed by atoms with van der Waals surface area (Å²) in [5.41, 5.74) is -0.583. The SMILES string of the molecule is CCNCC1CCN(CC(=O)NC2(C#N)CCCC2)CC1. The number of hydrogen-bond donors (Lipinski definition) is 2.